The molecule has 0 bridgehead atoms. The van der Waals surface area contributed by atoms with Crippen molar-refractivity contribution in [2.24, 2.45) is 0 Å². The van der Waals surface area contributed by atoms with Gasteiger partial charge < -0.3 is 13.9 Å². The summed E-state index contributed by atoms with van der Waals surface area (Å²) in [4.78, 5) is 15.4. The van der Waals surface area contributed by atoms with Gasteiger partial charge in [-0.1, -0.05) is 38.3 Å². The Balaban J connectivity index is 1.64. The van der Waals surface area contributed by atoms with Gasteiger partial charge in [0.05, 0.1) is 23.6 Å². The average Bonchev–Trinajstić information content (AvgIpc) is 2.77. The fourth-order valence-electron chi connectivity index (χ4n) is 3.83. The highest BCUT2D eigenvalue weighted by Crippen LogP contribution is 2.32. The van der Waals surface area contributed by atoms with Gasteiger partial charge >= 0.3 is 0 Å². The zero-order valence-corrected chi connectivity index (χ0v) is 17.1. The van der Waals surface area contributed by atoms with Crippen molar-refractivity contribution in [2.45, 2.75) is 39.2 Å². The Labute approximate surface area is 170 Å². The first kappa shape index (κ1) is 19.5. The Bertz CT molecular complexity index is 1040. The number of nitrogens with zero attached hydrogens (tertiary/aromatic N) is 1. The average molecular weight is 393 g/mol. The zero-order valence-electron chi connectivity index (χ0n) is 17.1. The fourth-order valence-corrected chi connectivity index (χ4v) is 3.83. The largest absolute Gasteiger partial charge is 0.497 e. The lowest BCUT2D eigenvalue weighted by Gasteiger charge is -2.29. The van der Waals surface area contributed by atoms with Crippen LogP contribution in [0.25, 0.3) is 22.1 Å². The molecule has 0 aliphatic carbocycles. The van der Waals surface area contributed by atoms with Crippen LogP contribution < -0.4 is 14.9 Å². The molecular weight excluding hydrogens is 366 g/mol. The maximum absolute atomic E-state index is 13.1. The summed E-state index contributed by atoms with van der Waals surface area (Å²) in [7, 11) is 1.62. The van der Waals surface area contributed by atoms with E-state index in [1.54, 1.807) is 13.4 Å². The monoisotopic (exact) mass is 393 g/mol. The van der Waals surface area contributed by atoms with E-state index in [1.807, 2.05) is 36.4 Å². The Kier molecular flexibility index (Phi) is 5.86. The lowest BCUT2D eigenvalue weighted by Crippen LogP contribution is -2.33. The van der Waals surface area contributed by atoms with Crippen LogP contribution in [0.3, 0.4) is 0 Å². The molecule has 152 valence electrons. The topological polar surface area (TPSA) is 51.9 Å². The quantitative estimate of drug-likeness (QED) is 0.516. The van der Waals surface area contributed by atoms with Gasteiger partial charge in [-0.3, -0.25) is 9.69 Å². The summed E-state index contributed by atoms with van der Waals surface area (Å²) >= 11 is 0. The van der Waals surface area contributed by atoms with Crippen LogP contribution in [-0.2, 0) is 6.54 Å². The van der Waals surface area contributed by atoms with E-state index < -0.39 is 0 Å². The first-order valence-corrected chi connectivity index (χ1v) is 10.3. The summed E-state index contributed by atoms with van der Waals surface area (Å²) in [6, 6.07) is 11.1. The fraction of sp³-hybridized carbons (Fsp3) is 0.375. The van der Waals surface area contributed by atoms with E-state index in [9.17, 15) is 4.79 Å². The highest BCUT2D eigenvalue weighted by atomic mass is 16.5. The van der Waals surface area contributed by atoms with Gasteiger partial charge in [0.15, 0.2) is 0 Å². The smallest absolute Gasteiger partial charge is 0.200 e. The van der Waals surface area contributed by atoms with Crippen molar-refractivity contribution in [2.75, 3.05) is 20.4 Å². The van der Waals surface area contributed by atoms with E-state index >= 15 is 0 Å². The second-order valence-electron chi connectivity index (χ2n) is 7.51. The zero-order chi connectivity index (χ0) is 20.2. The van der Waals surface area contributed by atoms with Gasteiger partial charge in [0, 0.05) is 13.1 Å². The van der Waals surface area contributed by atoms with Crippen molar-refractivity contribution < 1.29 is 13.9 Å². The Morgan fingerprint density at radius 2 is 1.90 bits per heavy atom. The second kappa shape index (κ2) is 8.70. The third-order valence-corrected chi connectivity index (χ3v) is 5.51. The first-order valence-electron chi connectivity index (χ1n) is 10.3. The van der Waals surface area contributed by atoms with Crippen LogP contribution in [0.4, 0.5) is 0 Å². The van der Waals surface area contributed by atoms with Crippen molar-refractivity contribution in [1.82, 2.24) is 4.90 Å². The molecule has 29 heavy (non-hydrogen) atoms. The van der Waals surface area contributed by atoms with Gasteiger partial charge in [0.25, 0.3) is 0 Å². The molecule has 0 radical (unpaired) electrons. The minimum Gasteiger partial charge on any atom is -0.497 e. The second-order valence-corrected chi connectivity index (χ2v) is 7.51. The number of hydrogen-bond donors (Lipinski definition) is 0. The Morgan fingerprint density at radius 1 is 1.07 bits per heavy atom. The molecule has 3 aromatic rings. The number of unbranched alkanes of at least 4 members (excludes halogenated alkanes) is 3. The van der Waals surface area contributed by atoms with Crippen LogP contribution >= 0.6 is 0 Å². The van der Waals surface area contributed by atoms with E-state index in [1.165, 1.54) is 19.3 Å². The third kappa shape index (κ3) is 4.01. The lowest BCUT2D eigenvalue weighted by atomic mass is 10.0. The summed E-state index contributed by atoms with van der Waals surface area (Å²) in [6.45, 7) is 4.53. The molecule has 5 nitrogen and oxygen atoms in total. The summed E-state index contributed by atoms with van der Waals surface area (Å²) in [5, 5.41) is 0.591. The summed E-state index contributed by atoms with van der Waals surface area (Å²) in [5.74, 6) is 1.56. The molecule has 0 amide bonds. The molecule has 1 aromatic heterocycles. The van der Waals surface area contributed by atoms with E-state index in [4.69, 9.17) is 13.9 Å². The van der Waals surface area contributed by atoms with Crippen LogP contribution in [0.5, 0.6) is 11.5 Å². The van der Waals surface area contributed by atoms with Crippen molar-refractivity contribution >= 4 is 11.0 Å². The number of fused-ring (bicyclic) bond motifs is 3. The van der Waals surface area contributed by atoms with E-state index in [2.05, 4.69) is 11.8 Å². The molecule has 0 saturated heterocycles. The maximum Gasteiger partial charge on any atom is 0.200 e. The number of methoxy groups -OCH3 is 1. The normalized spacial score (nSPS) is 13.9. The number of rotatable bonds is 7. The Morgan fingerprint density at radius 3 is 2.66 bits per heavy atom. The summed E-state index contributed by atoms with van der Waals surface area (Å²) < 4.78 is 17.1. The first-order chi connectivity index (χ1) is 14.2. The molecule has 0 saturated carbocycles. The van der Waals surface area contributed by atoms with Crippen molar-refractivity contribution in [3.05, 3.63) is 58.4 Å². The molecule has 1 aliphatic heterocycles. The van der Waals surface area contributed by atoms with Crippen LogP contribution in [0.1, 0.15) is 38.2 Å². The van der Waals surface area contributed by atoms with E-state index in [-0.39, 0.29) is 5.43 Å². The van der Waals surface area contributed by atoms with Gasteiger partial charge in [-0.2, -0.15) is 0 Å². The number of benzene rings is 2. The molecule has 1 aliphatic rings. The maximum atomic E-state index is 13.1. The third-order valence-electron chi connectivity index (χ3n) is 5.51. The molecule has 0 fully saturated rings. The molecule has 0 spiro atoms. The van der Waals surface area contributed by atoms with E-state index in [0.717, 1.165) is 42.1 Å². The van der Waals surface area contributed by atoms with Gasteiger partial charge in [0.1, 0.15) is 30.1 Å². The highest BCUT2D eigenvalue weighted by Gasteiger charge is 2.22. The van der Waals surface area contributed by atoms with E-state index in [0.29, 0.717) is 23.3 Å². The number of ether oxygens (including phenoxy) is 2. The molecule has 4 rings (SSSR count). The van der Waals surface area contributed by atoms with Gasteiger partial charge in [-0.15, -0.1) is 0 Å². The standard InChI is InChI=1S/C24H27NO4/c1-3-4-5-6-13-25-14-20-22(29-16-25)12-11-19-23(26)21(15-28-24(19)20)17-7-9-18(27-2)10-8-17/h7-12,15H,3-6,13-14,16H2,1-2H3. The van der Waals surface area contributed by atoms with Crippen LogP contribution in [-0.4, -0.2) is 25.3 Å². The molecule has 0 unspecified atom stereocenters. The minimum absolute atomic E-state index is 0.0284. The highest BCUT2D eigenvalue weighted by molar-refractivity contribution is 5.85. The molecule has 2 aromatic carbocycles. The predicted molar refractivity (Wildman–Crippen MR) is 115 cm³/mol. The molecule has 2 heterocycles. The van der Waals surface area contributed by atoms with Gasteiger partial charge in [0.2, 0.25) is 5.43 Å². The van der Waals surface area contributed by atoms with Crippen molar-refractivity contribution in [1.29, 1.82) is 0 Å². The lowest BCUT2D eigenvalue weighted by molar-refractivity contribution is 0.0938. The molecular formula is C24H27NO4. The Hall–Kier alpha value is -2.79. The molecule has 5 heteroatoms. The van der Waals surface area contributed by atoms with Crippen LogP contribution in [0.2, 0.25) is 0 Å². The van der Waals surface area contributed by atoms with Crippen molar-refractivity contribution in [3.63, 3.8) is 0 Å². The van der Waals surface area contributed by atoms with Crippen LogP contribution in [0.15, 0.2) is 51.9 Å². The van der Waals surface area contributed by atoms with Gasteiger partial charge in [-0.25, -0.2) is 0 Å². The van der Waals surface area contributed by atoms with Crippen molar-refractivity contribution in [3.8, 4) is 22.6 Å². The summed E-state index contributed by atoms with van der Waals surface area (Å²) in [5.41, 5.74) is 2.92. The van der Waals surface area contributed by atoms with Crippen LogP contribution in [0, 0.1) is 0 Å². The molecule has 0 atom stereocenters. The number of hydrogen-bond acceptors (Lipinski definition) is 5. The molecule has 0 N–H and O–H groups in total. The van der Waals surface area contributed by atoms with Gasteiger partial charge in [-0.05, 0) is 36.2 Å². The minimum atomic E-state index is -0.0284. The summed E-state index contributed by atoms with van der Waals surface area (Å²) in [6.07, 6.45) is 6.44. The SMILES string of the molecule is CCCCCCN1COc2ccc3c(=O)c(-c4ccc(OC)cc4)coc3c2C1. The predicted octanol–water partition coefficient (Wildman–Crippen LogP) is 5.20.